The van der Waals surface area contributed by atoms with Crippen LogP contribution in [0.1, 0.15) is 37.7 Å². The Balaban J connectivity index is 1.45. The van der Waals surface area contributed by atoms with Gasteiger partial charge in [0.05, 0.1) is 51.1 Å². The molecule has 0 unspecified atom stereocenters. The summed E-state index contributed by atoms with van der Waals surface area (Å²) in [5.74, 6) is -1.18. The third-order valence-electron chi connectivity index (χ3n) is 7.24. The average molecular weight is 634 g/mol. The number of phenolic OH excluding ortho intramolecular Hbond substituents is 1. The summed E-state index contributed by atoms with van der Waals surface area (Å²) >= 11 is 0. The Bertz CT molecular complexity index is 1110. The lowest BCUT2D eigenvalue weighted by atomic mass is 10.0. The number of carbonyl (C=O) groups excluding carboxylic acids is 4. The van der Waals surface area contributed by atoms with Crippen molar-refractivity contribution in [3.05, 3.63) is 29.8 Å². The number of nitrogens with zero attached hydrogens (tertiary/aromatic N) is 2. The molecule has 1 aromatic carbocycles. The maximum atomic E-state index is 12.4. The lowest BCUT2D eigenvalue weighted by molar-refractivity contribution is -0.133. The summed E-state index contributed by atoms with van der Waals surface area (Å²) < 4.78 is 10.7. The number of ether oxygens (including phenoxy) is 2. The first-order valence-corrected chi connectivity index (χ1v) is 15.2. The van der Waals surface area contributed by atoms with E-state index in [9.17, 15) is 29.4 Å². The number of phenols is 1. The number of nitrogens with two attached hydrogens (primary N) is 2. The number of amides is 3. The molecule has 0 saturated carbocycles. The Kier molecular flexibility index (Phi) is 17.6. The molecule has 3 amide bonds. The summed E-state index contributed by atoms with van der Waals surface area (Å²) in [6.07, 6.45) is 3.56. The molecule has 1 aromatic rings. The summed E-state index contributed by atoms with van der Waals surface area (Å²) in [5.41, 5.74) is 12.7. The van der Waals surface area contributed by atoms with Gasteiger partial charge in [0.1, 0.15) is 24.4 Å². The van der Waals surface area contributed by atoms with E-state index in [1.54, 1.807) is 17.0 Å². The second kappa shape index (κ2) is 21.2. The molecule has 250 valence electrons. The van der Waals surface area contributed by atoms with E-state index in [2.05, 4.69) is 22.0 Å². The van der Waals surface area contributed by atoms with Gasteiger partial charge in [-0.15, -0.1) is 0 Å². The first-order valence-electron chi connectivity index (χ1n) is 15.2. The van der Waals surface area contributed by atoms with E-state index in [0.29, 0.717) is 38.8 Å². The zero-order chi connectivity index (χ0) is 33.0. The smallest absolute Gasteiger partial charge is 0.245 e. The summed E-state index contributed by atoms with van der Waals surface area (Å²) in [5, 5.41) is 36.1. The van der Waals surface area contributed by atoms with E-state index in [1.807, 2.05) is 0 Å². The van der Waals surface area contributed by atoms with Gasteiger partial charge in [0.15, 0.2) is 5.78 Å². The molecule has 0 bridgehead atoms. The van der Waals surface area contributed by atoms with Crippen molar-refractivity contribution in [3.8, 4) is 11.8 Å². The number of unbranched alkanes of at least 4 members (excludes halogenated alkanes) is 1. The third-order valence-corrected chi connectivity index (χ3v) is 7.24. The van der Waals surface area contributed by atoms with E-state index >= 15 is 0 Å². The minimum atomic E-state index is -0.997. The molecule has 0 aromatic heterocycles. The number of benzene rings is 1. The van der Waals surface area contributed by atoms with Gasteiger partial charge in [-0.25, -0.2) is 0 Å². The van der Waals surface area contributed by atoms with Crippen LogP contribution in [0.3, 0.4) is 0 Å². The van der Waals surface area contributed by atoms with Crippen LogP contribution >= 0.6 is 0 Å². The molecule has 4 atom stereocenters. The van der Waals surface area contributed by atoms with Crippen molar-refractivity contribution < 1.29 is 38.9 Å². The zero-order valence-corrected chi connectivity index (χ0v) is 25.6. The molecule has 0 aliphatic carbocycles. The number of ketones is 1. The van der Waals surface area contributed by atoms with Gasteiger partial charge in [0.2, 0.25) is 17.7 Å². The van der Waals surface area contributed by atoms with Crippen LogP contribution in [-0.4, -0.2) is 122 Å². The van der Waals surface area contributed by atoms with Crippen LogP contribution in [0.2, 0.25) is 0 Å². The fraction of sp³-hybridized carbons (Fsp3) is 0.633. The van der Waals surface area contributed by atoms with Gasteiger partial charge in [-0.3, -0.25) is 24.5 Å². The number of hydrogen-bond acceptors (Lipinski definition) is 12. The van der Waals surface area contributed by atoms with E-state index < -0.39 is 30.6 Å². The van der Waals surface area contributed by atoms with Gasteiger partial charge in [-0.1, -0.05) is 12.1 Å². The van der Waals surface area contributed by atoms with Crippen LogP contribution in [0.4, 0.5) is 0 Å². The van der Waals surface area contributed by atoms with Gasteiger partial charge in [-0.2, -0.15) is 5.26 Å². The molecule has 9 N–H and O–H groups in total. The average Bonchev–Trinajstić information content (AvgIpc) is 3.52. The molecular weight excluding hydrogens is 586 g/mol. The Morgan fingerprint density at radius 2 is 1.76 bits per heavy atom. The third kappa shape index (κ3) is 14.3. The summed E-state index contributed by atoms with van der Waals surface area (Å²) in [7, 11) is 0. The van der Waals surface area contributed by atoms with Gasteiger partial charge in [0, 0.05) is 19.6 Å². The normalized spacial score (nSPS) is 16.4. The van der Waals surface area contributed by atoms with E-state index in [0.717, 1.165) is 12.0 Å². The van der Waals surface area contributed by atoms with Gasteiger partial charge in [-0.05, 0) is 56.2 Å². The number of nitriles is 1. The quantitative estimate of drug-likeness (QED) is 0.0690. The van der Waals surface area contributed by atoms with Gasteiger partial charge in [0.25, 0.3) is 0 Å². The van der Waals surface area contributed by atoms with Crippen LogP contribution in [0.15, 0.2) is 24.3 Å². The molecule has 0 radical (unpaired) electrons. The number of aromatic hydroxyl groups is 1. The number of Topliss-reactive ketones (excluding diaryl/α,β-unsaturated/α-hetero) is 1. The van der Waals surface area contributed by atoms with Gasteiger partial charge >= 0.3 is 0 Å². The molecule has 15 nitrogen and oxygen atoms in total. The molecular formula is C30H47N7O8. The number of aliphatic hydroxyl groups is 1. The lowest BCUT2D eigenvalue weighted by Gasteiger charge is -2.23. The number of aliphatic hydroxyl groups excluding tert-OH is 1. The van der Waals surface area contributed by atoms with E-state index in [1.165, 1.54) is 12.1 Å². The number of likely N-dealkylation sites (tertiary alicyclic amines) is 1. The van der Waals surface area contributed by atoms with Crippen LogP contribution in [-0.2, 0) is 35.1 Å². The molecule has 1 saturated heterocycles. The van der Waals surface area contributed by atoms with Crippen molar-refractivity contribution in [2.75, 3.05) is 59.2 Å². The first kappa shape index (κ1) is 37.5. The van der Waals surface area contributed by atoms with Crippen LogP contribution < -0.4 is 27.4 Å². The van der Waals surface area contributed by atoms with Crippen molar-refractivity contribution in [2.24, 2.45) is 11.5 Å². The number of hydrogen-bond donors (Lipinski definition) is 7. The maximum absolute atomic E-state index is 12.4. The topological polar surface area (TPSA) is 242 Å². The zero-order valence-electron chi connectivity index (χ0n) is 25.6. The summed E-state index contributed by atoms with van der Waals surface area (Å²) in [4.78, 5) is 50.5. The Hall–Kier alpha value is -3.65. The first-order chi connectivity index (χ1) is 21.7. The van der Waals surface area contributed by atoms with E-state index in [-0.39, 0.29) is 75.3 Å². The van der Waals surface area contributed by atoms with Gasteiger partial charge < -0.3 is 46.7 Å². The standard InChI is InChI=1S/C30H47N7O8/c31-17-22-4-3-12-37(22)30(43)24(32)5-1-2-10-34-28(41)20-45-15-14-44-13-11-35-29(42)26(19-38)36-18-27(40)25(33)16-21-6-8-23(39)9-7-21/h6-9,22,24-26,36,38-39H,1-5,10-16,18-20,32-33H2,(H,34,41)(H,35,42)/t22-,24-,25-,26-/m0/s1. The number of carbonyl (C=O) groups is 4. The Morgan fingerprint density at radius 1 is 1.02 bits per heavy atom. The summed E-state index contributed by atoms with van der Waals surface area (Å²) in [6.45, 7) is 0.860. The van der Waals surface area contributed by atoms with Crippen molar-refractivity contribution in [1.29, 1.82) is 5.26 Å². The SMILES string of the molecule is N#C[C@@H]1CCCN1C(=O)[C@@H](N)CCCCNC(=O)COCCOCCNC(=O)[C@H](CO)NCC(=O)[C@@H](N)Cc1ccc(O)cc1. The highest BCUT2D eigenvalue weighted by Gasteiger charge is 2.31. The highest BCUT2D eigenvalue weighted by atomic mass is 16.5. The van der Waals surface area contributed by atoms with Crippen LogP contribution in [0, 0.1) is 11.3 Å². The summed E-state index contributed by atoms with van der Waals surface area (Å²) in [6, 6.07) is 5.65. The largest absolute Gasteiger partial charge is 0.508 e. The van der Waals surface area contributed by atoms with Crippen molar-refractivity contribution in [2.45, 2.75) is 62.7 Å². The molecule has 15 heteroatoms. The lowest BCUT2D eigenvalue weighted by Crippen LogP contribution is -2.50. The van der Waals surface area contributed by atoms with E-state index in [4.69, 9.17) is 26.2 Å². The number of nitrogens with one attached hydrogen (secondary N) is 3. The predicted octanol–water partition coefficient (Wildman–Crippen LogP) is -1.94. The monoisotopic (exact) mass is 633 g/mol. The Morgan fingerprint density at radius 3 is 2.47 bits per heavy atom. The van der Waals surface area contributed by atoms with Crippen LogP contribution in [0.5, 0.6) is 5.75 Å². The molecule has 1 heterocycles. The van der Waals surface area contributed by atoms with Crippen molar-refractivity contribution in [1.82, 2.24) is 20.9 Å². The molecule has 1 aliphatic rings. The second-order valence-corrected chi connectivity index (χ2v) is 10.8. The fourth-order valence-electron chi connectivity index (χ4n) is 4.62. The van der Waals surface area contributed by atoms with Crippen molar-refractivity contribution >= 4 is 23.5 Å². The molecule has 1 aliphatic heterocycles. The number of rotatable bonds is 22. The maximum Gasteiger partial charge on any atom is 0.245 e. The molecule has 2 rings (SSSR count). The second-order valence-electron chi connectivity index (χ2n) is 10.8. The van der Waals surface area contributed by atoms with Crippen molar-refractivity contribution in [3.63, 3.8) is 0 Å². The minimum absolute atomic E-state index is 0.114. The fourth-order valence-corrected chi connectivity index (χ4v) is 4.62. The highest BCUT2D eigenvalue weighted by Crippen LogP contribution is 2.18. The molecule has 1 fully saturated rings. The highest BCUT2D eigenvalue weighted by molar-refractivity contribution is 5.87. The van der Waals surface area contributed by atoms with Crippen LogP contribution in [0.25, 0.3) is 0 Å². The predicted molar refractivity (Wildman–Crippen MR) is 164 cm³/mol. The molecule has 45 heavy (non-hydrogen) atoms. The molecule has 0 spiro atoms. The minimum Gasteiger partial charge on any atom is -0.508 e. The Labute approximate surface area is 263 Å².